The molecule has 0 bridgehead atoms. The summed E-state index contributed by atoms with van der Waals surface area (Å²) in [6, 6.07) is 0.998. The van der Waals surface area contributed by atoms with Crippen molar-refractivity contribution in [2.45, 2.75) is 65.1 Å². The largest absolute Gasteiger partial charge is 0.326 e. The molecule has 14 heavy (non-hydrogen) atoms. The fraction of sp³-hybridized carbons (Fsp3) is 1.00. The molecule has 0 aliphatic carbocycles. The number of nitrogens with two attached hydrogens (primary N) is 1. The topological polar surface area (TPSA) is 29.3 Å². The van der Waals surface area contributed by atoms with E-state index in [1.165, 1.54) is 13.0 Å². The van der Waals surface area contributed by atoms with Gasteiger partial charge in [-0.25, -0.2) is 0 Å². The molecule has 84 valence electrons. The second-order valence-corrected chi connectivity index (χ2v) is 5.37. The lowest BCUT2D eigenvalue weighted by atomic mass is 9.92. The van der Waals surface area contributed by atoms with Gasteiger partial charge in [0.1, 0.15) is 0 Å². The van der Waals surface area contributed by atoms with Crippen molar-refractivity contribution in [2.75, 3.05) is 6.54 Å². The maximum Gasteiger partial charge on any atom is 0.0307 e. The third-order valence-corrected chi connectivity index (χ3v) is 4.29. The van der Waals surface area contributed by atoms with E-state index in [1.54, 1.807) is 0 Å². The summed E-state index contributed by atoms with van der Waals surface area (Å²) in [6.07, 6.45) is 2.40. The van der Waals surface area contributed by atoms with Gasteiger partial charge in [0.05, 0.1) is 0 Å². The molecule has 2 nitrogen and oxygen atoms in total. The molecule has 0 aromatic heterocycles. The predicted molar refractivity (Wildman–Crippen MR) is 62.3 cm³/mol. The van der Waals surface area contributed by atoms with Crippen molar-refractivity contribution < 1.29 is 0 Å². The quantitative estimate of drug-likeness (QED) is 0.753. The molecule has 1 aliphatic rings. The number of hydrogen-bond donors (Lipinski definition) is 1. The summed E-state index contributed by atoms with van der Waals surface area (Å²) in [6.45, 7) is 12.7. The molecular weight excluding hydrogens is 172 g/mol. The molecule has 0 aromatic rings. The van der Waals surface area contributed by atoms with Crippen LogP contribution in [0.1, 0.15) is 47.5 Å². The van der Waals surface area contributed by atoms with Crippen molar-refractivity contribution in [1.82, 2.24) is 4.90 Å². The third-order valence-electron chi connectivity index (χ3n) is 4.29. The average molecular weight is 198 g/mol. The summed E-state index contributed by atoms with van der Waals surface area (Å²) in [5, 5.41) is 0. The monoisotopic (exact) mass is 198 g/mol. The van der Waals surface area contributed by atoms with Gasteiger partial charge in [-0.2, -0.15) is 0 Å². The predicted octanol–water partition coefficient (Wildman–Crippen LogP) is 2.23. The molecule has 1 aliphatic heterocycles. The molecule has 2 heteroatoms. The molecule has 1 saturated heterocycles. The van der Waals surface area contributed by atoms with E-state index in [4.69, 9.17) is 5.73 Å². The van der Waals surface area contributed by atoms with Crippen LogP contribution in [0.25, 0.3) is 0 Å². The van der Waals surface area contributed by atoms with Crippen LogP contribution in [0.4, 0.5) is 0 Å². The highest BCUT2D eigenvalue weighted by atomic mass is 15.3. The molecule has 0 amide bonds. The van der Waals surface area contributed by atoms with Gasteiger partial charge < -0.3 is 5.73 Å². The molecule has 0 aromatic carbocycles. The Hall–Kier alpha value is -0.0800. The first-order chi connectivity index (χ1) is 6.41. The van der Waals surface area contributed by atoms with Gasteiger partial charge in [0.15, 0.2) is 0 Å². The van der Waals surface area contributed by atoms with Gasteiger partial charge in [-0.15, -0.1) is 0 Å². The summed E-state index contributed by atoms with van der Waals surface area (Å²) in [5.41, 5.74) is 6.32. The molecule has 0 saturated carbocycles. The highest BCUT2D eigenvalue weighted by Gasteiger charge is 2.41. The van der Waals surface area contributed by atoms with Crippen molar-refractivity contribution >= 4 is 0 Å². The van der Waals surface area contributed by atoms with Gasteiger partial charge in [-0.1, -0.05) is 20.3 Å². The van der Waals surface area contributed by atoms with E-state index in [1.807, 2.05) is 0 Å². The van der Waals surface area contributed by atoms with Crippen molar-refractivity contribution in [2.24, 2.45) is 11.7 Å². The minimum Gasteiger partial charge on any atom is -0.326 e. The Kier molecular flexibility index (Phi) is 3.59. The summed E-state index contributed by atoms with van der Waals surface area (Å²) < 4.78 is 0. The summed E-state index contributed by atoms with van der Waals surface area (Å²) in [4.78, 5) is 2.59. The Bertz CT molecular complexity index is 189. The lowest BCUT2D eigenvalue weighted by Gasteiger charge is -2.41. The van der Waals surface area contributed by atoms with Crippen LogP contribution < -0.4 is 5.73 Å². The van der Waals surface area contributed by atoms with E-state index < -0.39 is 0 Å². The first kappa shape index (κ1) is 12.0. The number of hydrogen-bond acceptors (Lipinski definition) is 2. The fourth-order valence-electron chi connectivity index (χ4n) is 2.51. The Morgan fingerprint density at radius 3 is 2.36 bits per heavy atom. The van der Waals surface area contributed by atoms with Crippen molar-refractivity contribution in [3.63, 3.8) is 0 Å². The summed E-state index contributed by atoms with van der Waals surface area (Å²) >= 11 is 0. The zero-order valence-electron chi connectivity index (χ0n) is 10.4. The third kappa shape index (κ3) is 1.96. The van der Waals surface area contributed by atoms with E-state index in [9.17, 15) is 0 Å². The summed E-state index contributed by atoms with van der Waals surface area (Å²) in [7, 11) is 0. The zero-order valence-corrected chi connectivity index (χ0v) is 10.4. The molecule has 1 fully saturated rings. The standard InChI is InChI=1S/C12H26N2/c1-6-9(2)10(3)14-8-7-11(13)12(14,4)5/h9-11H,6-8,13H2,1-5H3. The normalized spacial score (nSPS) is 31.7. The maximum atomic E-state index is 6.14. The van der Waals surface area contributed by atoms with Crippen molar-refractivity contribution in [1.29, 1.82) is 0 Å². The van der Waals surface area contributed by atoms with Crippen LogP contribution in [0.3, 0.4) is 0 Å². The van der Waals surface area contributed by atoms with Crippen molar-refractivity contribution in [3.05, 3.63) is 0 Å². The van der Waals surface area contributed by atoms with E-state index in [-0.39, 0.29) is 5.54 Å². The smallest absolute Gasteiger partial charge is 0.0307 e. The van der Waals surface area contributed by atoms with Crippen LogP contribution >= 0.6 is 0 Å². The highest BCUT2D eigenvalue weighted by Crippen LogP contribution is 2.32. The number of rotatable bonds is 3. The van der Waals surface area contributed by atoms with E-state index in [0.717, 1.165) is 12.3 Å². The van der Waals surface area contributed by atoms with E-state index in [2.05, 4.69) is 39.5 Å². The van der Waals surface area contributed by atoms with Crippen molar-refractivity contribution in [3.8, 4) is 0 Å². The van der Waals surface area contributed by atoms with Gasteiger partial charge in [0.25, 0.3) is 0 Å². The number of likely N-dealkylation sites (tertiary alicyclic amines) is 1. The minimum atomic E-state index is 0.183. The van der Waals surface area contributed by atoms with Gasteiger partial charge in [0, 0.05) is 24.2 Å². The van der Waals surface area contributed by atoms with Crippen LogP contribution in [0.2, 0.25) is 0 Å². The van der Waals surface area contributed by atoms with Crippen LogP contribution in [0.5, 0.6) is 0 Å². The molecular formula is C12H26N2. The Morgan fingerprint density at radius 1 is 1.43 bits per heavy atom. The Labute approximate surface area is 88.8 Å². The fourth-order valence-corrected chi connectivity index (χ4v) is 2.51. The van der Waals surface area contributed by atoms with Gasteiger partial charge in [0.2, 0.25) is 0 Å². The minimum absolute atomic E-state index is 0.183. The van der Waals surface area contributed by atoms with Gasteiger partial charge in [-0.3, -0.25) is 4.90 Å². The molecule has 1 rings (SSSR count). The van der Waals surface area contributed by atoms with Crippen LogP contribution in [-0.2, 0) is 0 Å². The zero-order chi connectivity index (χ0) is 10.9. The first-order valence-corrected chi connectivity index (χ1v) is 5.93. The Balaban J connectivity index is 2.69. The van der Waals surface area contributed by atoms with Crippen LogP contribution in [0, 0.1) is 5.92 Å². The highest BCUT2D eigenvalue weighted by molar-refractivity contribution is 5.00. The molecule has 0 spiro atoms. The lowest BCUT2D eigenvalue weighted by molar-refractivity contribution is 0.0837. The lowest BCUT2D eigenvalue weighted by Crippen LogP contribution is -2.53. The number of nitrogens with zero attached hydrogens (tertiary/aromatic N) is 1. The maximum absolute atomic E-state index is 6.14. The van der Waals surface area contributed by atoms with Gasteiger partial charge in [-0.05, 0) is 33.1 Å². The average Bonchev–Trinajstić information content (AvgIpc) is 2.40. The van der Waals surface area contributed by atoms with Gasteiger partial charge >= 0.3 is 0 Å². The van der Waals surface area contributed by atoms with Crippen LogP contribution in [-0.4, -0.2) is 29.1 Å². The first-order valence-electron chi connectivity index (χ1n) is 5.93. The van der Waals surface area contributed by atoms with Crippen LogP contribution in [0.15, 0.2) is 0 Å². The van der Waals surface area contributed by atoms with E-state index in [0.29, 0.717) is 12.1 Å². The molecule has 1 heterocycles. The molecule has 3 atom stereocenters. The Morgan fingerprint density at radius 2 is 2.00 bits per heavy atom. The SMILES string of the molecule is CCC(C)C(C)N1CCC(N)C1(C)C. The second-order valence-electron chi connectivity index (χ2n) is 5.37. The molecule has 2 N–H and O–H groups in total. The molecule has 3 unspecified atom stereocenters. The summed E-state index contributed by atoms with van der Waals surface area (Å²) in [5.74, 6) is 0.763. The second kappa shape index (κ2) is 4.19. The molecule has 0 radical (unpaired) electrons. The van der Waals surface area contributed by atoms with E-state index >= 15 is 0 Å².